The molecule has 0 saturated heterocycles. The Hall–Kier alpha value is -0.520. The third kappa shape index (κ3) is 5.48. The first-order chi connectivity index (χ1) is 3.77. The number of hydrogen-bond acceptors (Lipinski definition) is 1. The lowest BCUT2D eigenvalue weighted by Crippen LogP contribution is -1.81. The number of halogens is 1. The van der Waals surface area contributed by atoms with Crippen molar-refractivity contribution in [2.75, 3.05) is 0 Å². The zero-order valence-corrected chi connectivity index (χ0v) is 5.24. The third-order valence-corrected chi connectivity index (χ3v) is 0.819. The summed E-state index contributed by atoms with van der Waals surface area (Å²) in [5, 5.41) is -0.309. The predicted molar refractivity (Wildman–Crippen MR) is 33.8 cm³/mol. The van der Waals surface area contributed by atoms with E-state index in [1.54, 1.807) is 6.08 Å². The largest absolute Gasteiger partial charge is 0.281 e. The molecule has 0 radical (unpaired) electrons. The smallest absolute Gasteiger partial charge is 0.221 e. The summed E-state index contributed by atoms with van der Waals surface area (Å²) < 4.78 is 0. The van der Waals surface area contributed by atoms with Gasteiger partial charge in [0.25, 0.3) is 0 Å². The van der Waals surface area contributed by atoms with Crippen molar-refractivity contribution in [1.29, 1.82) is 0 Å². The van der Waals surface area contributed by atoms with Crippen molar-refractivity contribution < 1.29 is 4.79 Å². The van der Waals surface area contributed by atoms with Crippen LogP contribution < -0.4 is 0 Å². The highest BCUT2D eigenvalue weighted by molar-refractivity contribution is 6.63. The van der Waals surface area contributed by atoms with E-state index in [2.05, 4.69) is 12.3 Å². The van der Waals surface area contributed by atoms with E-state index in [0.717, 1.165) is 0 Å². The van der Waals surface area contributed by atoms with Crippen molar-refractivity contribution in [2.45, 2.75) is 12.8 Å². The fourth-order valence-electron chi connectivity index (χ4n) is 0.288. The molecule has 0 aliphatic carbocycles. The standard InChI is InChI=1S/C6H7ClO/c1-2-3-4-5-6(7)8/h3H,1,4-5H2. The molecule has 44 valence electrons. The molecule has 0 atom stereocenters. The highest BCUT2D eigenvalue weighted by atomic mass is 35.5. The zero-order valence-electron chi connectivity index (χ0n) is 4.48. The minimum atomic E-state index is -0.309. The molecule has 1 nitrogen and oxygen atoms in total. The highest BCUT2D eigenvalue weighted by Gasteiger charge is 1.89. The van der Waals surface area contributed by atoms with Crippen molar-refractivity contribution in [3.8, 4) is 0 Å². The molecule has 2 heteroatoms. The zero-order chi connectivity index (χ0) is 6.41. The van der Waals surface area contributed by atoms with Gasteiger partial charge in [0.1, 0.15) is 0 Å². The van der Waals surface area contributed by atoms with E-state index in [0.29, 0.717) is 12.8 Å². The van der Waals surface area contributed by atoms with E-state index in [4.69, 9.17) is 11.6 Å². The maximum Gasteiger partial charge on any atom is 0.221 e. The summed E-state index contributed by atoms with van der Waals surface area (Å²) >= 11 is 5.01. The SMILES string of the molecule is C=C=CCCC(=O)Cl. The minimum absolute atomic E-state index is 0.309. The van der Waals surface area contributed by atoms with Gasteiger partial charge in [-0.15, -0.1) is 5.73 Å². The first kappa shape index (κ1) is 7.48. The number of carbonyl (C=O) groups excluding carboxylic acids is 1. The average Bonchev–Trinajstić information content (AvgIpc) is 1.66. The molecule has 0 aromatic carbocycles. The first-order valence-corrected chi connectivity index (χ1v) is 2.68. The molecule has 0 fully saturated rings. The van der Waals surface area contributed by atoms with E-state index in [9.17, 15) is 4.79 Å². The molecule has 0 aliphatic rings. The fourth-order valence-corrected chi connectivity index (χ4v) is 0.397. The Kier molecular flexibility index (Phi) is 4.33. The number of allylic oxidation sites excluding steroid dienone is 1. The fraction of sp³-hybridized carbons (Fsp3) is 0.333. The van der Waals surface area contributed by atoms with E-state index in [1.165, 1.54) is 0 Å². The van der Waals surface area contributed by atoms with E-state index in [1.807, 2.05) is 0 Å². The molecule has 8 heavy (non-hydrogen) atoms. The van der Waals surface area contributed by atoms with Crippen LogP contribution in [0.15, 0.2) is 18.4 Å². The molecular formula is C6H7ClO. The maximum absolute atomic E-state index is 10.0. The highest BCUT2D eigenvalue weighted by Crippen LogP contribution is 1.93. The first-order valence-electron chi connectivity index (χ1n) is 2.30. The molecule has 0 amide bonds. The van der Waals surface area contributed by atoms with Gasteiger partial charge in [-0.1, -0.05) is 6.58 Å². The summed E-state index contributed by atoms with van der Waals surface area (Å²) in [5.74, 6) is 0. The Morgan fingerprint density at radius 3 is 2.88 bits per heavy atom. The van der Waals surface area contributed by atoms with Gasteiger partial charge in [-0.25, -0.2) is 0 Å². The van der Waals surface area contributed by atoms with E-state index >= 15 is 0 Å². The van der Waals surface area contributed by atoms with Crippen molar-refractivity contribution in [2.24, 2.45) is 0 Å². The Morgan fingerprint density at radius 2 is 2.50 bits per heavy atom. The van der Waals surface area contributed by atoms with Crippen molar-refractivity contribution in [3.63, 3.8) is 0 Å². The van der Waals surface area contributed by atoms with Crippen LogP contribution in [-0.4, -0.2) is 5.24 Å². The Morgan fingerprint density at radius 1 is 1.88 bits per heavy atom. The van der Waals surface area contributed by atoms with Crippen molar-refractivity contribution in [1.82, 2.24) is 0 Å². The molecule has 0 N–H and O–H groups in total. The average molecular weight is 131 g/mol. The topological polar surface area (TPSA) is 17.1 Å². The minimum Gasteiger partial charge on any atom is -0.281 e. The Balaban J connectivity index is 3.18. The summed E-state index contributed by atoms with van der Waals surface area (Å²) in [6, 6.07) is 0. The molecule has 0 spiro atoms. The normalized spacial score (nSPS) is 7.62. The Bertz CT molecular complexity index is 120. The van der Waals surface area contributed by atoms with Crippen LogP contribution in [0.5, 0.6) is 0 Å². The van der Waals surface area contributed by atoms with Gasteiger partial charge >= 0.3 is 0 Å². The van der Waals surface area contributed by atoms with Gasteiger partial charge in [0, 0.05) is 6.42 Å². The lowest BCUT2D eigenvalue weighted by Gasteiger charge is -1.80. The van der Waals surface area contributed by atoms with Gasteiger partial charge in [0.05, 0.1) is 0 Å². The van der Waals surface area contributed by atoms with Gasteiger partial charge in [-0.2, -0.15) is 0 Å². The van der Waals surface area contributed by atoms with Crippen LogP contribution in [0.2, 0.25) is 0 Å². The molecule has 0 unspecified atom stereocenters. The quantitative estimate of drug-likeness (QED) is 0.421. The monoisotopic (exact) mass is 130 g/mol. The van der Waals surface area contributed by atoms with Crippen LogP contribution in [-0.2, 0) is 4.79 Å². The number of hydrogen-bond donors (Lipinski definition) is 0. The summed E-state index contributed by atoms with van der Waals surface area (Å²) in [7, 11) is 0. The van der Waals surface area contributed by atoms with Gasteiger partial charge < -0.3 is 0 Å². The summed E-state index contributed by atoms with van der Waals surface area (Å²) in [4.78, 5) is 10.0. The predicted octanol–water partition coefficient (Wildman–Crippen LogP) is 1.87. The van der Waals surface area contributed by atoms with Crippen LogP contribution in [0, 0.1) is 0 Å². The molecule has 0 aromatic rings. The molecule has 0 bridgehead atoms. The molecule has 0 aliphatic heterocycles. The summed E-state index contributed by atoms with van der Waals surface area (Å²) in [5.41, 5.74) is 2.54. The maximum atomic E-state index is 10.0. The van der Waals surface area contributed by atoms with Crippen LogP contribution in [0.4, 0.5) is 0 Å². The molecule has 0 saturated carbocycles. The van der Waals surface area contributed by atoms with Gasteiger partial charge in [-0.05, 0) is 24.1 Å². The second-order valence-electron chi connectivity index (χ2n) is 1.30. The molecular weight excluding hydrogens is 124 g/mol. The second kappa shape index (κ2) is 4.63. The van der Waals surface area contributed by atoms with Crippen LogP contribution in [0.25, 0.3) is 0 Å². The van der Waals surface area contributed by atoms with Gasteiger partial charge in [0.15, 0.2) is 0 Å². The summed E-state index contributed by atoms with van der Waals surface area (Å²) in [6.45, 7) is 3.32. The van der Waals surface area contributed by atoms with Crippen LogP contribution in [0.3, 0.4) is 0 Å². The lowest BCUT2D eigenvalue weighted by molar-refractivity contribution is -0.111. The van der Waals surface area contributed by atoms with Crippen LogP contribution >= 0.6 is 11.6 Å². The molecule has 0 aromatic heterocycles. The Labute approximate surface area is 53.6 Å². The van der Waals surface area contributed by atoms with Gasteiger partial charge in [0.2, 0.25) is 5.24 Å². The lowest BCUT2D eigenvalue weighted by atomic mass is 10.3. The third-order valence-electron chi connectivity index (χ3n) is 0.630. The van der Waals surface area contributed by atoms with Crippen molar-refractivity contribution in [3.05, 3.63) is 18.4 Å². The second-order valence-corrected chi connectivity index (χ2v) is 1.72. The van der Waals surface area contributed by atoms with Gasteiger partial charge in [-0.3, -0.25) is 4.79 Å². The van der Waals surface area contributed by atoms with Crippen LogP contribution in [0.1, 0.15) is 12.8 Å². The molecule has 0 heterocycles. The number of rotatable bonds is 3. The van der Waals surface area contributed by atoms with Crippen molar-refractivity contribution >= 4 is 16.8 Å². The summed E-state index contributed by atoms with van der Waals surface area (Å²) in [6.07, 6.45) is 2.70. The van der Waals surface area contributed by atoms with E-state index in [-0.39, 0.29) is 5.24 Å². The van der Waals surface area contributed by atoms with E-state index < -0.39 is 0 Å². The molecule has 0 rings (SSSR count). The number of carbonyl (C=O) groups is 1.